The number of carboxylic acids is 1. The van der Waals surface area contributed by atoms with Crippen LogP contribution in [0.2, 0.25) is 5.22 Å². The minimum absolute atomic E-state index is 0.0803. The molecule has 6 nitrogen and oxygen atoms in total. The highest BCUT2D eigenvalue weighted by Gasteiger charge is 2.24. The Morgan fingerprint density at radius 3 is 2.86 bits per heavy atom. The lowest BCUT2D eigenvalue weighted by Crippen LogP contribution is -2.40. The molecule has 1 N–H and O–H groups in total. The van der Waals surface area contributed by atoms with Gasteiger partial charge in [-0.3, -0.25) is 9.59 Å². The minimum Gasteiger partial charge on any atom is -0.481 e. The number of aromatic nitrogens is 1. The zero-order valence-corrected chi connectivity index (χ0v) is 13.4. The van der Waals surface area contributed by atoms with E-state index in [9.17, 15) is 9.59 Å². The monoisotopic (exact) mass is 328 g/mol. The molecule has 0 saturated carbocycles. The molecule has 1 atom stereocenters. The average molecular weight is 329 g/mol. The molecule has 0 radical (unpaired) electrons. The summed E-state index contributed by atoms with van der Waals surface area (Å²) >= 11 is 5.90. The van der Waals surface area contributed by atoms with E-state index in [0.717, 1.165) is 30.6 Å². The normalized spacial score (nSPS) is 18.5. The number of nitrogens with zero attached hydrogens (tertiary/aromatic N) is 2. The van der Waals surface area contributed by atoms with Crippen molar-refractivity contribution in [3.05, 3.63) is 16.5 Å². The molecule has 1 unspecified atom stereocenters. The first-order valence-corrected chi connectivity index (χ1v) is 7.95. The standard InChI is InChI=1S/C15H21ClN2O4/c1-10-12(15(16)22-17-10)5-6-13(19)18-8-2-3-11(9-18)4-7-14(20)21/h11H,2-9H2,1H3,(H,20,21). The average Bonchev–Trinajstić information content (AvgIpc) is 2.82. The molecule has 0 bridgehead atoms. The number of halogens is 1. The molecule has 1 aromatic rings. The molecule has 1 aromatic heterocycles. The van der Waals surface area contributed by atoms with Crippen LogP contribution in [0.5, 0.6) is 0 Å². The number of hydrogen-bond acceptors (Lipinski definition) is 4. The summed E-state index contributed by atoms with van der Waals surface area (Å²) < 4.78 is 4.88. The molecular formula is C15H21ClN2O4. The lowest BCUT2D eigenvalue weighted by molar-refractivity contribution is -0.137. The van der Waals surface area contributed by atoms with E-state index in [1.165, 1.54) is 0 Å². The molecule has 1 aliphatic rings. The second kappa shape index (κ2) is 7.63. The Hall–Kier alpha value is -1.56. The number of carbonyl (C=O) groups excluding carboxylic acids is 1. The molecule has 1 saturated heterocycles. The van der Waals surface area contributed by atoms with E-state index in [1.54, 1.807) is 6.92 Å². The first-order valence-electron chi connectivity index (χ1n) is 7.57. The smallest absolute Gasteiger partial charge is 0.303 e. The summed E-state index contributed by atoms with van der Waals surface area (Å²) in [5.74, 6) is -0.410. The zero-order chi connectivity index (χ0) is 16.1. The topological polar surface area (TPSA) is 83.6 Å². The second-order valence-corrected chi connectivity index (χ2v) is 6.14. The van der Waals surface area contributed by atoms with Crippen LogP contribution in [0, 0.1) is 12.8 Å². The van der Waals surface area contributed by atoms with E-state index < -0.39 is 5.97 Å². The molecule has 1 aliphatic heterocycles. The van der Waals surface area contributed by atoms with E-state index in [2.05, 4.69) is 5.16 Å². The lowest BCUT2D eigenvalue weighted by Gasteiger charge is -2.32. The number of carbonyl (C=O) groups is 2. The van der Waals surface area contributed by atoms with E-state index >= 15 is 0 Å². The van der Waals surface area contributed by atoms with Crippen LogP contribution >= 0.6 is 11.6 Å². The molecule has 22 heavy (non-hydrogen) atoms. The predicted octanol–water partition coefficient (Wildman–Crippen LogP) is 2.67. The SMILES string of the molecule is Cc1noc(Cl)c1CCC(=O)N1CCCC(CCC(=O)O)C1. The van der Waals surface area contributed by atoms with Crippen LogP contribution in [0.4, 0.5) is 0 Å². The van der Waals surface area contributed by atoms with E-state index in [1.807, 2.05) is 4.90 Å². The van der Waals surface area contributed by atoms with Crippen molar-refractivity contribution in [2.75, 3.05) is 13.1 Å². The maximum absolute atomic E-state index is 12.3. The third-order valence-corrected chi connectivity index (χ3v) is 4.46. The van der Waals surface area contributed by atoms with Crippen molar-refractivity contribution in [2.24, 2.45) is 5.92 Å². The number of hydrogen-bond donors (Lipinski definition) is 1. The fraction of sp³-hybridized carbons (Fsp3) is 0.667. The Balaban J connectivity index is 1.83. The van der Waals surface area contributed by atoms with Gasteiger partial charge >= 0.3 is 5.97 Å². The number of carboxylic acid groups (broad SMARTS) is 1. The van der Waals surface area contributed by atoms with Gasteiger partial charge in [0.05, 0.1) is 5.69 Å². The zero-order valence-electron chi connectivity index (χ0n) is 12.7. The van der Waals surface area contributed by atoms with E-state index in [0.29, 0.717) is 25.8 Å². The lowest BCUT2D eigenvalue weighted by atomic mass is 9.93. The summed E-state index contributed by atoms with van der Waals surface area (Å²) in [5.41, 5.74) is 1.50. The van der Waals surface area contributed by atoms with Gasteiger partial charge in [0, 0.05) is 31.5 Å². The molecule has 0 spiro atoms. The Kier molecular flexibility index (Phi) is 5.83. The van der Waals surface area contributed by atoms with Crippen LogP contribution in [0.25, 0.3) is 0 Å². The van der Waals surface area contributed by atoms with Gasteiger partial charge in [0.1, 0.15) is 0 Å². The molecule has 1 amide bonds. The minimum atomic E-state index is -0.777. The van der Waals surface area contributed by atoms with Crippen molar-refractivity contribution in [2.45, 2.75) is 45.4 Å². The molecule has 0 aromatic carbocycles. The largest absolute Gasteiger partial charge is 0.481 e. The van der Waals surface area contributed by atoms with Crippen molar-refractivity contribution >= 4 is 23.5 Å². The molecular weight excluding hydrogens is 308 g/mol. The van der Waals surface area contributed by atoms with Gasteiger partial charge in [-0.1, -0.05) is 5.16 Å². The quantitative estimate of drug-likeness (QED) is 0.868. The van der Waals surface area contributed by atoms with E-state index in [-0.39, 0.29) is 23.5 Å². The molecule has 1 fully saturated rings. The van der Waals surface area contributed by atoms with Crippen molar-refractivity contribution in [1.29, 1.82) is 0 Å². The Morgan fingerprint density at radius 1 is 1.45 bits per heavy atom. The molecule has 122 valence electrons. The van der Waals surface area contributed by atoms with Gasteiger partial charge in [-0.15, -0.1) is 0 Å². The third-order valence-electron chi connectivity index (χ3n) is 4.16. The van der Waals surface area contributed by atoms with Crippen molar-refractivity contribution in [1.82, 2.24) is 10.1 Å². The van der Waals surface area contributed by atoms with Crippen LogP contribution in [0.1, 0.15) is 43.4 Å². The number of aryl methyl sites for hydroxylation is 1. The third kappa shape index (κ3) is 4.47. The molecule has 2 rings (SSSR count). The molecule has 7 heteroatoms. The Bertz CT molecular complexity index is 524. The van der Waals surface area contributed by atoms with Gasteiger partial charge in [-0.05, 0) is 50.1 Å². The predicted molar refractivity (Wildman–Crippen MR) is 80.7 cm³/mol. The van der Waals surface area contributed by atoms with Crippen molar-refractivity contribution in [3.63, 3.8) is 0 Å². The van der Waals surface area contributed by atoms with Gasteiger partial charge in [0.25, 0.3) is 0 Å². The van der Waals surface area contributed by atoms with Crippen molar-refractivity contribution < 1.29 is 19.2 Å². The molecule has 0 aliphatic carbocycles. The summed E-state index contributed by atoms with van der Waals surface area (Å²) in [4.78, 5) is 24.8. The van der Waals surface area contributed by atoms with Gasteiger partial charge in [0.15, 0.2) is 0 Å². The first kappa shape index (κ1) is 16.8. The summed E-state index contributed by atoms with van der Waals surface area (Å²) in [5, 5.41) is 12.8. The van der Waals surface area contributed by atoms with Crippen LogP contribution in [0.3, 0.4) is 0 Å². The maximum Gasteiger partial charge on any atom is 0.303 e. The summed E-state index contributed by atoms with van der Waals surface area (Å²) in [6.07, 6.45) is 3.62. The number of amides is 1. The van der Waals surface area contributed by atoms with Gasteiger partial charge in [0.2, 0.25) is 11.1 Å². The Morgan fingerprint density at radius 2 is 2.23 bits per heavy atom. The highest BCUT2D eigenvalue weighted by atomic mass is 35.5. The van der Waals surface area contributed by atoms with Gasteiger partial charge in [-0.2, -0.15) is 0 Å². The fourth-order valence-corrected chi connectivity index (χ4v) is 3.15. The summed E-state index contributed by atoms with van der Waals surface area (Å²) in [6, 6.07) is 0. The highest BCUT2D eigenvalue weighted by molar-refractivity contribution is 6.29. The number of likely N-dealkylation sites (tertiary alicyclic amines) is 1. The van der Waals surface area contributed by atoms with Gasteiger partial charge < -0.3 is 14.5 Å². The van der Waals surface area contributed by atoms with Crippen LogP contribution in [-0.2, 0) is 16.0 Å². The number of piperidine rings is 1. The Labute approximate surface area is 134 Å². The number of aliphatic carboxylic acids is 1. The van der Waals surface area contributed by atoms with Crippen LogP contribution in [0.15, 0.2) is 4.52 Å². The summed E-state index contributed by atoms with van der Waals surface area (Å²) in [6.45, 7) is 3.21. The van der Waals surface area contributed by atoms with Gasteiger partial charge in [-0.25, -0.2) is 0 Å². The number of rotatable bonds is 6. The van der Waals surface area contributed by atoms with E-state index in [4.69, 9.17) is 21.2 Å². The first-order chi connectivity index (χ1) is 10.5. The summed E-state index contributed by atoms with van der Waals surface area (Å²) in [7, 11) is 0. The van der Waals surface area contributed by atoms with Crippen LogP contribution in [-0.4, -0.2) is 40.1 Å². The van der Waals surface area contributed by atoms with Crippen molar-refractivity contribution in [3.8, 4) is 0 Å². The fourth-order valence-electron chi connectivity index (χ4n) is 2.88. The maximum atomic E-state index is 12.3. The molecule has 2 heterocycles. The highest BCUT2D eigenvalue weighted by Crippen LogP contribution is 2.24. The van der Waals surface area contributed by atoms with Crippen LogP contribution < -0.4 is 0 Å². The second-order valence-electron chi connectivity index (χ2n) is 5.80.